The van der Waals surface area contributed by atoms with Crippen molar-refractivity contribution < 1.29 is 19.2 Å². The van der Waals surface area contributed by atoms with E-state index in [-0.39, 0.29) is 12.3 Å². The molecule has 1 N–H and O–H groups in total. The maximum atomic E-state index is 12.6. The zero-order chi connectivity index (χ0) is 19.1. The molecule has 1 heterocycles. The summed E-state index contributed by atoms with van der Waals surface area (Å²) < 4.78 is 0. The van der Waals surface area contributed by atoms with Crippen LogP contribution < -0.4 is 5.32 Å². The number of benzene rings is 1. The minimum absolute atomic E-state index is 0.224. The first kappa shape index (κ1) is 20.5. The van der Waals surface area contributed by atoms with Crippen LogP contribution in [0, 0.1) is 0 Å². The van der Waals surface area contributed by atoms with Gasteiger partial charge < -0.3 is 0 Å². The van der Waals surface area contributed by atoms with Crippen molar-refractivity contribution in [1.82, 2.24) is 10.2 Å². The van der Waals surface area contributed by atoms with Crippen LogP contribution in [0.5, 0.6) is 0 Å². The van der Waals surface area contributed by atoms with Crippen LogP contribution in [0.15, 0.2) is 18.2 Å². The highest BCUT2D eigenvalue weighted by Crippen LogP contribution is 2.29. The van der Waals surface area contributed by atoms with Crippen LogP contribution in [0.4, 0.5) is 0 Å². The van der Waals surface area contributed by atoms with Crippen LogP contribution in [0.25, 0.3) is 0 Å². The van der Waals surface area contributed by atoms with Crippen molar-refractivity contribution in [3.05, 3.63) is 34.9 Å². The number of nitrogens with one attached hydrogen (secondary N) is 1. The summed E-state index contributed by atoms with van der Waals surface area (Å²) in [6, 6.07) is 4.19. The molecule has 2 rings (SSSR count). The Labute approximate surface area is 148 Å². The van der Waals surface area contributed by atoms with Crippen LogP contribution >= 0.6 is 0 Å². The van der Waals surface area contributed by atoms with Crippen molar-refractivity contribution >= 4 is 24.1 Å². The predicted molar refractivity (Wildman–Crippen MR) is 95.3 cm³/mol. The van der Waals surface area contributed by atoms with Gasteiger partial charge in [-0.05, 0) is 30.0 Å². The molecule has 0 radical (unpaired) electrons. The minimum Gasteiger partial charge on any atom is -0.297 e. The summed E-state index contributed by atoms with van der Waals surface area (Å²) in [6.07, 6.45) is 1.17. The smallest absolute Gasteiger partial charge is 0.262 e. The van der Waals surface area contributed by atoms with E-state index in [1.807, 2.05) is 46.0 Å². The van der Waals surface area contributed by atoms with E-state index in [4.69, 9.17) is 0 Å². The fraction of sp³-hybridized carbons (Fsp3) is 0.474. The quantitative estimate of drug-likeness (QED) is 0.634. The van der Waals surface area contributed by atoms with Gasteiger partial charge in [-0.2, -0.15) is 0 Å². The summed E-state index contributed by atoms with van der Waals surface area (Å²) in [5, 5.41) is 2.04. The van der Waals surface area contributed by atoms with Crippen molar-refractivity contribution in [1.29, 1.82) is 0 Å². The summed E-state index contributed by atoms with van der Waals surface area (Å²) in [5.74, 6) is -1.38. The molecular weight excluding hydrogens is 320 g/mol. The van der Waals surface area contributed by atoms with Crippen molar-refractivity contribution in [3.63, 3.8) is 0 Å². The Bertz CT molecular complexity index is 667. The third kappa shape index (κ3) is 4.13. The lowest BCUT2D eigenvalue weighted by Crippen LogP contribution is -2.49. The Morgan fingerprint density at radius 2 is 1.76 bits per heavy atom. The third-order valence-electron chi connectivity index (χ3n) is 3.99. The maximum Gasteiger partial charge on any atom is 0.262 e. The molecule has 1 aromatic rings. The van der Waals surface area contributed by atoms with Gasteiger partial charge in [0.2, 0.25) is 12.3 Å². The topological polar surface area (TPSA) is 83.6 Å². The highest BCUT2D eigenvalue weighted by atomic mass is 16.2. The molecule has 1 aliphatic rings. The van der Waals surface area contributed by atoms with Gasteiger partial charge in [-0.15, -0.1) is 0 Å². The zero-order valence-corrected chi connectivity index (χ0v) is 15.5. The number of carbonyl (C=O) groups excluding carboxylic acids is 4. The standard InChI is InChI=1S/C17H20N2O4.C2H6/c1-4-5-14(15(21)18-9-20)19-16(22)12-7-6-11(10(2)3)8-13(12)17(19)23;1-2/h6-10,14H,4-5H2,1-3H3,(H,18,20,21);1-2H3. The number of hydrogen-bond acceptors (Lipinski definition) is 4. The maximum absolute atomic E-state index is 12.6. The van der Waals surface area contributed by atoms with E-state index < -0.39 is 23.8 Å². The molecule has 0 saturated carbocycles. The van der Waals surface area contributed by atoms with Gasteiger partial charge in [-0.25, -0.2) is 0 Å². The van der Waals surface area contributed by atoms with Gasteiger partial charge in [0.1, 0.15) is 6.04 Å². The van der Waals surface area contributed by atoms with E-state index >= 15 is 0 Å². The average Bonchev–Trinajstić information content (AvgIpc) is 2.85. The highest BCUT2D eigenvalue weighted by Gasteiger charge is 2.42. The molecule has 0 spiro atoms. The Hall–Kier alpha value is -2.50. The molecule has 6 nitrogen and oxygen atoms in total. The Morgan fingerprint density at radius 1 is 1.16 bits per heavy atom. The fourth-order valence-electron chi connectivity index (χ4n) is 2.72. The van der Waals surface area contributed by atoms with E-state index in [1.165, 1.54) is 0 Å². The molecule has 25 heavy (non-hydrogen) atoms. The summed E-state index contributed by atoms with van der Waals surface area (Å²) in [7, 11) is 0. The summed E-state index contributed by atoms with van der Waals surface area (Å²) in [4.78, 5) is 48.7. The summed E-state index contributed by atoms with van der Waals surface area (Å²) in [5.41, 5.74) is 1.58. The minimum atomic E-state index is -0.972. The lowest BCUT2D eigenvalue weighted by Gasteiger charge is -2.23. The Balaban J connectivity index is 0.00000151. The van der Waals surface area contributed by atoms with E-state index in [0.717, 1.165) is 10.5 Å². The Kier molecular flexibility index (Phi) is 7.48. The van der Waals surface area contributed by atoms with Crippen LogP contribution in [-0.2, 0) is 9.59 Å². The molecule has 4 amide bonds. The molecule has 0 aliphatic carbocycles. The lowest BCUT2D eigenvalue weighted by molar-refractivity contribution is -0.128. The second-order valence-electron chi connectivity index (χ2n) is 5.87. The SMILES string of the molecule is CC.CCCC(C(=O)NC=O)N1C(=O)c2ccc(C(C)C)cc2C1=O. The lowest BCUT2D eigenvalue weighted by atomic mass is 9.98. The predicted octanol–water partition coefficient (Wildman–Crippen LogP) is 2.87. The van der Waals surface area contributed by atoms with Gasteiger partial charge in [0, 0.05) is 0 Å². The van der Waals surface area contributed by atoms with E-state index in [2.05, 4.69) is 0 Å². The number of imide groups is 2. The van der Waals surface area contributed by atoms with Crippen molar-refractivity contribution in [3.8, 4) is 0 Å². The zero-order valence-electron chi connectivity index (χ0n) is 15.5. The molecule has 0 saturated heterocycles. The highest BCUT2D eigenvalue weighted by molar-refractivity contribution is 6.23. The van der Waals surface area contributed by atoms with Crippen LogP contribution in [0.3, 0.4) is 0 Å². The molecule has 6 heteroatoms. The first-order valence-corrected chi connectivity index (χ1v) is 8.68. The molecule has 1 aromatic carbocycles. The van der Waals surface area contributed by atoms with Crippen LogP contribution in [0.1, 0.15) is 79.7 Å². The number of fused-ring (bicyclic) bond motifs is 1. The van der Waals surface area contributed by atoms with Crippen molar-refractivity contribution in [2.45, 2.75) is 59.4 Å². The number of nitrogens with zero attached hydrogens (tertiary/aromatic N) is 1. The second kappa shape index (κ2) is 9.11. The van der Waals surface area contributed by atoms with Gasteiger partial charge >= 0.3 is 0 Å². The molecule has 0 bridgehead atoms. The van der Waals surface area contributed by atoms with Crippen molar-refractivity contribution in [2.24, 2.45) is 0 Å². The largest absolute Gasteiger partial charge is 0.297 e. The number of carbonyl (C=O) groups is 4. The number of amides is 4. The monoisotopic (exact) mass is 346 g/mol. The summed E-state index contributed by atoms with van der Waals surface area (Å²) >= 11 is 0. The number of rotatable bonds is 6. The molecule has 136 valence electrons. The fourth-order valence-corrected chi connectivity index (χ4v) is 2.72. The second-order valence-corrected chi connectivity index (χ2v) is 5.87. The van der Waals surface area contributed by atoms with Gasteiger partial charge in [0.25, 0.3) is 11.8 Å². The molecule has 0 aromatic heterocycles. The average molecular weight is 346 g/mol. The molecule has 1 unspecified atom stereocenters. The van der Waals surface area contributed by atoms with Crippen LogP contribution in [-0.4, -0.2) is 35.1 Å². The van der Waals surface area contributed by atoms with Gasteiger partial charge in [0.15, 0.2) is 0 Å². The molecule has 1 aliphatic heterocycles. The molecule has 0 fully saturated rings. The summed E-state index contributed by atoms with van der Waals surface area (Å²) in [6.45, 7) is 9.84. The number of hydrogen-bond donors (Lipinski definition) is 1. The molecular formula is C19H26N2O4. The molecule has 1 atom stereocenters. The van der Waals surface area contributed by atoms with E-state index in [0.29, 0.717) is 24.0 Å². The van der Waals surface area contributed by atoms with Gasteiger partial charge in [-0.3, -0.25) is 29.4 Å². The normalized spacial score (nSPS) is 13.9. The van der Waals surface area contributed by atoms with E-state index in [9.17, 15) is 19.2 Å². The first-order valence-electron chi connectivity index (χ1n) is 8.68. The third-order valence-corrected chi connectivity index (χ3v) is 3.99. The van der Waals surface area contributed by atoms with Gasteiger partial charge in [-0.1, -0.05) is 47.1 Å². The first-order chi connectivity index (χ1) is 11.9. The van der Waals surface area contributed by atoms with Crippen molar-refractivity contribution in [2.75, 3.05) is 0 Å². The Morgan fingerprint density at radius 3 is 2.28 bits per heavy atom. The van der Waals surface area contributed by atoms with Crippen LogP contribution in [0.2, 0.25) is 0 Å². The van der Waals surface area contributed by atoms with E-state index in [1.54, 1.807) is 12.1 Å². The van der Waals surface area contributed by atoms with Gasteiger partial charge in [0.05, 0.1) is 11.1 Å².